The lowest BCUT2D eigenvalue weighted by molar-refractivity contribution is 0.0504. The van der Waals surface area contributed by atoms with E-state index in [9.17, 15) is 4.79 Å². The van der Waals surface area contributed by atoms with Crippen molar-refractivity contribution in [1.82, 2.24) is 10.6 Å². The summed E-state index contributed by atoms with van der Waals surface area (Å²) in [6, 6.07) is 0.680. The van der Waals surface area contributed by atoms with E-state index >= 15 is 0 Å². The normalized spacial score (nSPS) is 23.1. The molecule has 5 nitrogen and oxygen atoms in total. The van der Waals surface area contributed by atoms with Gasteiger partial charge in [0.05, 0.1) is 12.7 Å². The zero-order valence-corrected chi connectivity index (χ0v) is 13.5. The SMILES string of the molecule is CC(C)OCCNC1CCC(NC(=O)OC(C)(C)C)C1. The molecule has 118 valence electrons. The maximum atomic E-state index is 11.7. The van der Waals surface area contributed by atoms with Gasteiger partial charge in [0.1, 0.15) is 5.60 Å². The van der Waals surface area contributed by atoms with Gasteiger partial charge in [0.25, 0.3) is 0 Å². The summed E-state index contributed by atoms with van der Waals surface area (Å²) in [5.74, 6) is 0. The van der Waals surface area contributed by atoms with Crippen LogP contribution in [0.1, 0.15) is 53.9 Å². The average molecular weight is 286 g/mol. The standard InChI is InChI=1S/C15H30N2O3/c1-11(2)19-9-8-16-12-6-7-13(10-12)17-14(18)20-15(3,4)5/h11-13,16H,6-10H2,1-5H3,(H,17,18). The molecule has 0 aromatic heterocycles. The molecule has 0 radical (unpaired) electrons. The Hall–Kier alpha value is -0.810. The lowest BCUT2D eigenvalue weighted by Gasteiger charge is -2.22. The molecule has 0 aromatic carbocycles. The van der Waals surface area contributed by atoms with Gasteiger partial charge in [0, 0.05) is 18.6 Å². The minimum atomic E-state index is -0.436. The van der Waals surface area contributed by atoms with Gasteiger partial charge in [-0.15, -0.1) is 0 Å². The first kappa shape index (κ1) is 17.2. The van der Waals surface area contributed by atoms with Crippen LogP contribution in [0.5, 0.6) is 0 Å². The predicted octanol–water partition coefficient (Wildman–Crippen LogP) is 2.45. The van der Waals surface area contributed by atoms with E-state index < -0.39 is 5.60 Å². The Morgan fingerprint density at radius 1 is 1.25 bits per heavy atom. The van der Waals surface area contributed by atoms with Crippen molar-refractivity contribution in [3.63, 3.8) is 0 Å². The molecule has 1 amide bonds. The number of hydrogen-bond acceptors (Lipinski definition) is 4. The Morgan fingerprint density at radius 3 is 2.50 bits per heavy atom. The molecule has 0 bridgehead atoms. The van der Waals surface area contributed by atoms with Crippen molar-refractivity contribution in [2.24, 2.45) is 0 Å². The Labute approximate surface area is 122 Å². The Kier molecular flexibility index (Phi) is 6.76. The number of amides is 1. The summed E-state index contributed by atoms with van der Waals surface area (Å²) in [6.07, 6.45) is 3.01. The summed E-state index contributed by atoms with van der Waals surface area (Å²) >= 11 is 0. The molecule has 1 saturated carbocycles. The van der Waals surface area contributed by atoms with Gasteiger partial charge in [-0.05, 0) is 53.9 Å². The smallest absolute Gasteiger partial charge is 0.407 e. The number of nitrogens with one attached hydrogen (secondary N) is 2. The van der Waals surface area contributed by atoms with Crippen LogP contribution in [0.25, 0.3) is 0 Å². The molecule has 0 spiro atoms. The molecule has 5 heteroatoms. The van der Waals surface area contributed by atoms with Gasteiger partial charge in [-0.3, -0.25) is 0 Å². The van der Waals surface area contributed by atoms with Crippen LogP contribution in [-0.2, 0) is 9.47 Å². The van der Waals surface area contributed by atoms with Gasteiger partial charge in [-0.2, -0.15) is 0 Å². The number of hydrogen-bond donors (Lipinski definition) is 2. The van der Waals surface area contributed by atoms with E-state index in [0.29, 0.717) is 6.04 Å². The summed E-state index contributed by atoms with van der Waals surface area (Å²) in [5, 5.41) is 6.41. The number of carbonyl (C=O) groups excluding carboxylic acids is 1. The minimum Gasteiger partial charge on any atom is -0.444 e. The third-order valence-electron chi connectivity index (χ3n) is 3.14. The second-order valence-corrected chi connectivity index (χ2v) is 6.73. The quantitative estimate of drug-likeness (QED) is 0.736. The van der Waals surface area contributed by atoms with Crippen LogP contribution in [0.2, 0.25) is 0 Å². The first-order chi connectivity index (χ1) is 9.26. The van der Waals surface area contributed by atoms with Crippen LogP contribution < -0.4 is 10.6 Å². The van der Waals surface area contributed by atoms with E-state index in [1.165, 1.54) is 0 Å². The molecule has 2 unspecified atom stereocenters. The molecule has 0 heterocycles. The maximum Gasteiger partial charge on any atom is 0.407 e. The summed E-state index contributed by atoms with van der Waals surface area (Å²) in [6.45, 7) is 11.3. The largest absolute Gasteiger partial charge is 0.444 e. The lowest BCUT2D eigenvalue weighted by atomic mass is 10.2. The van der Waals surface area contributed by atoms with Crippen LogP contribution in [-0.4, -0.2) is 43.0 Å². The highest BCUT2D eigenvalue weighted by Crippen LogP contribution is 2.19. The second-order valence-electron chi connectivity index (χ2n) is 6.73. The van der Waals surface area contributed by atoms with Gasteiger partial charge in [-0.25, -0.2) is 4.79 Å². The highest BCUT2D eigenvalue weighted by molar-refractivity contribution is 5.68. The molecule has 1 aliphatic rings. The molecule has 1 rings (SSSR count). The van der Waals surface area contributed by atoms with Crippen LogP contribution in [0.15, 0.2) is 0 Å². The highest BCUT2D eigenvalue weighted by atomic mass is 16.6. The molecule has 0 saturated heterocycles. The number of rotatable bonds is 6. The molecule has 1 fully saturated rings. The number of alkyl carbamates (subject to hydrolysis) is 1. The lowest BCUT2D eigenvalue weighted by Crippen LogP contribution is -2.39. The first-order valence-corrected chi connectivity index (χ1v) is 7.61. The summed E-state index contributed by atoms with van der Waals surface area (Å²) in [4.78, 5) is 11.7. The van der Waals surface area contributed by atoms with Crippen molar-refractivity contribution in [2.75, 3.05) is 13.2 Å². The summed E-state index contributed by atoms with van der Waals surface area (Å²) in [5.41, 5.74) is -0.436. The van der Waals surface area contributed by atoms with Gasteiger partial charge >= 0.3 is 6.09 Å². The van der Waals surface area contributed by atoms with Crippen molar-refractivity contribution < 1.29 is 14.3 Å². The van der Waals surface area contributed by atoms with Crippen LogP contribution in [0, 0.1) is 0 Å². The van der Waals surface area contributed by atoms with Crippen molar-refractivity contribution >= 4 is 6.09 Å². The number of carbonyl (C=O) groups is 1. The van der Waals surface area contributed by atoms with Crippen molar-refractivity contribution in [2.45, 2.75) is 77.7 Å². The molecule has 0 aromatic rings. The minimum absolute atomic E-state index is 0.216. The van der Waals surface area contributed by atoms with Crippen LogP contribution >= 0.6 is 0 Å². The van der Waals surface area contributed by atoms with Crippen molar-refractivity contribution in [3.05, 3.63) is 0 Å². The summed E-state index contributed by atoms with van der Waals surface area (Å²) in [7, 11) is 0. The van der Waals surface area contributed by atoms with Crippen LogP contribution in [0.4, 0.5) is 4.79 Å². The fourth-order valence-electron chi connectivity index (χ4n) is 2.33. The fourth-order valence-corrected chi connectivity index (χ4v) is 2.33. The second kappa shape index (κ2) is 7.84. The first-order valence-electron chi connectivity index (χ1n) is 7.61. The predicted molar refractivity (Wildman–Crippen MR) is 79.9 cm³/mol. The Morgan fingerprint density at radius 2 is 1.90 bits per heavy atom. The maximum absolute atomic E-state index is 11.7. The topological polar surface area (TPSA) is 59.6 Å². The van der Waals surface area contributed by atoms with Crippen molar-refractivity contribution in [3.8, 4) is 0 Å². The third-order valence-corrected chi connectivity index (χ3v) is 3.14. The van der Waals surface area contributed by atoms with Crippen molar-refractivity contribution in [1.29, 1.82) is 0 Å². The van der Waals surface area contributed by atoms with E-state index in [0.717, 1.165) is 32.4 Å². The zero-order chi connectivity index (χ0) is 15.2. The van der Waals surface area contributed by atoms with Gasteiger partial charge < -0.3 is 20.1 Å². The average Bonchev–Trinajstić information content (AvgIpc) is 2.69. The third kappa shape index (κ3) is 7.70. The van der Waals surface area contributed by atoms with E-state index in [4.69, 9.17) is 9.47 Å². The Balaban J connectivity index is 2.15. The van der Waals surface area contributed by atoms with E-state index in [2.05, 4.69) is 10.6 Å². The molecular formula is C15H30N2O3. The van der Waals surface area contributed by atoms with E-state index in [-0.39, 0.29) is 18.2 Å². The molecular weight excluding hydrogens is 256 g/mol. The summed E-state index contributed by atoms with van der Waals surface area (Å²) < 4.78 is 10.8. The van der Waals surface area contributed by atoms with E-state index in [1.807, 2.05) is 34.6 Å². The molecule has 2 atom stereocenters. The molecule has 20 heavy (non-hydrogen) atoms. The van der Waals surface area contributed by atoms with Gasteiger partial charge in [0.15, 0.2) is 0 Å². The van der Waals surface area contributed by atoms with E-state index in [1.54, 1.807) is 0 Å². The number of ether oxygens (including phenoxy) is 2. The monoisotopic (exact) mass is 286 g/mol. The molecule has 2 N–H and O–H groups in total. The highest BCUT2D eigenvalue weighted by Gasteiger charge is 2.27. The Bertz CT molecular complexity index is 300. The van der Waals surface area contributed by atoms with Crippen LogP contribution in [0.3, 0.4) is 0 Å². The molecule has 1 aliphatic carbocycles. The molecule has 0 aliphatic heterocycles. The van der Waals surface area contributed by atoms with Gasteiger partial charge in [-0.1, -0.05) is 0 Å². The zero-order valence-electron chi connectivity index (χ0n) is 13.5. The van der Waals surface area contributed by atoms with Gasteiger partial charge in [0.2, 0.25) is 0 Å². The fraction of sp³-hybridized carbons (Fsp3) is 0.933.